The number of H-pyrrole nitrogens is 2. The third-order valence-corrected chi connectivity index (χ3v) is 6.10. The van der Waals surface area contributed by atoms with Crippen LogP contribution in [0.1, 0.15) is 58.9 Å². The molecule has 0 radical (unpaired) electrons. The number of nitrogens with one attached hydrogen (secondary N) is 2. The first kappa shape index (κ1) is 18.6. The molecule has 0 aromatic carbocycles. The zero-order valence-electron chi connectivity index (χ0n) is 18.4. The summed E-state index contributed by atoms with van der Waals surface area (Å²) in [5, 5.41) is 0. The Bertz CT molecular complexity index is 1330. The normalized spacial score (nSPS) is 13.4. The Hall–Kier alpha value is -3.40. The van der Waals surface area contributed by atoms with Gasteiger partial charge in [-0.1, -0.05) is 0 Å². The number of aromatic amines is 2. The quantitative estimate of drug-likeness (QED) is 0.447. The Balaban J connectivity index is 1.98. The molecule has 2 N–H and O–H groups in total. The first-order chi connectivity index (χ1) is 14.3. The number of aromatic nitrogens is 4. The van der Waals surface area contributed by atoms with Gasteiger partial charge in [0.05, 0.1) is 22.8 Å². The Labute approximate surface area is 176 Å². The fourth-order valence-electron chi connectivity index (χ4n) is 4.65. The Kier molecular flexibility index (Phi) is 4.07. The van der Waals surface area contributed by atoms with E-state index in [1.54, 1.807) is 0 Å². The highest BCUT2D eigenvalue weighted by atomic mass is 14.8. The zero-order valence-corrected chi connectivity index (χ0v) is 18.4. The van der Waals surface area contributed by atoms with Crippen LogP contribution in [0.2, 0.25) is 0 Å². The minimum absolute atomic E-state index is 0.949. The molecule has 3 aromatic rings. The van der Waals surface area contributed by atoms with Gasteiger partial charge in [-0.2, -0.15) is 0 Å². The van der Waals surface area contributed by atoms with Crippen LogP contribution in [0.3, 0.4) is 0 Å². The van der Waals surface area contributed by atoms with E-state index in [1.165, 1.54) is 22.3 Å². The van der Waals surface area contributed by atoms with Crippen LogP contribution in [0.25, 0.3) is 45.4 Å². The van der Waals surface area contributed by atoms with Crippen LogP contribution in [-0.4, -0.2) is 19.9 Å². The molecule has 0 amide bonds. The van der Waals surface area contributed by atoms with E-state index >= 15 is 0 Å². The van der Waals surface area contributed by atoms with Gasteiger partial charge in [0.15, 0.2) is 0 Å². The molecule has 0 atom stereocenters. The lowest BCUT2D eigenvalue weighted by atomic mass is 10.1. The van der Waals surface area contributed by atoms with Crippen molar-refractivity contribution >= 4 is 45.4 Å². The standard InChI is InChI=1S/C26H26N4/c1-13-7-19-11-20-9-15(3)25(29-20)18(6)26-16(4)10-22(30-26)12-21-8-14(2)24(28-21)17(5)23(13)27-19/h7-12,27,29H,1-6H3. The van der Waals surface area contributed by atoms with Crippen LogP contribution in [0.5, 0.6) is 0 Å². The largest absolute Gasteiger partial charge is 0.355 e. The number of nitrogens with zero attached hydrogens (tertiary/aromatic N) is 2. The molecule has 5 rings (SSSR count). The predicted molar refractivity (Wildman–Crippen MR) is 127 cm³/mol. The molecule has 0 saturated heterocycles. The smallest absolute Gasteiger partial charge is 0.0716 e. The van der Waals surface area contributed by atoms with Gasteiger partial charge >= 0.3 is 0 Å². The van der Waals surface area contributed by atoms with E-state index < -0.39 is 0 Å². The van der Waals surface area contributed by atoms with E-state index in [9.17, 15) is 0 Å². The van der Waals surface area contributed by atoms with E-state index in [1.807, 2.05) is 0 Å². The maximum absolute atomic E-state index is 4.93. The Morgan fingerprint density at radius 2 is 1.00 bits per heavy atom. The molecular weight excluding hydrogens is 368 g/mol. The molecule has 30 heavy (non-hydrogen) atoms. The third kappa shape index (κ3) is 2.91. The zero-order chi connectivity index (χ0) is 21.2. The molecule has 3 aromatic heterocycles. The molecule has 5 heterocycles. The van der Waals surface area contributed by atoms with Gasteiger partial charge in [-0.05, 0) is 111 Å². The monoisotopic (exact) mass is 394 g/mol. The predicted octanol–water partition coefficient (Wildman–Crippen LogP) is 6.67. The van der Waals surface area contributed by atoms with Crippen molar-refractivity contribution in [2.75, 3.05) is 0 Å². The molecule has 8 bridgehead atoms. The summed E-state index contributed by atoms with van der Waals surface area (Å²) < 4.78 is 0. The van der Waals surface area contributed by atoms with Crippen molar-refractivity contribution in [1.82, 2.24) is 19.9 Å². The highest BCUT2D eigenvalue weighted by Gasteiger charge is 2.14. The van der Waals surface area contributed by atoms with E-state index in [0.717, 1.165) is 56.0 Å². The minimum Gasteiger partial charge on any atom is -0.355 e. The topological polar surface area (TPSA) is 57.4 Å². The fourth-order valence-corrected chi connectivity index (χ4v) is 4.65. The molecule has 0 fully saturated rings. The molecule has 150 valence electrons. The van der Waals surface area contributed by atoms with Gasteiger partial charge in [-0.15, -0.1) is 0 Å². The van der Waals surface area contributed by atoms with Crippen LogP contribution < -0.4 is 0 Å². The summed E-state index contributed by atoms with van der Waals surface area (Å²) in [7, 11) is 0. The summed E-state index contributed by atoms with van der Waals surface area (Å²) in [6.45, 7) is 12.8. The van der Waals surface area contributed by atoms with Gasteiger partial charge in [0.1, 0.15) is 0 Å². The van der Waals surface area contributed by atoms with Crippen molar-refractivity contribution in [2.24, 2.45) is 0 Å². The van der Waals surface area contributed by atoms with E-state index in [4.69, 9.17) is 9.97 Å². The molecule has 0 saturated carbocycles. The van der Waals surface area contributed by atoms with Crippen LogP contribution in [0.15, 0.2) is 24.3 Å². The maximum Gasteiger partial charge on any atom is 0.0716 e. The maximum atomic E-state index is 4.93. The van der Waals surface area contributed by atoms with Gasteiger partial charge in [0.2, 0.25) is 0 Å². The van der Waals surface area contributed by atoms with Crippen molar-refractivity contribution in [3.05, 3.63) is 69.3 Å². The van der Waals surface area contributed by atoms with E-state index in [2.05, 4.69) is 87.9 Å². The minimum atomic E-state index is 0.949. The number of aryl methyl sites for hydroxylation is 4. The van der Waals surface area contributed by atoms with Crippen LogP contribution in [-0.2, 0) is 0 Å². The molecule has 4 nitrogen and oxygen atoms in total. The van der Waals surface area contributed by atoms with Gasteiger partial charge in [-0.3, -0.25) is 0 Å². The molecule has 2 aliphatic heterocycles. The second-order valence-electron chi connectivity index (χ2n) is 8.53. The van der Waals surface area contributed by atoms with Crippen molar-refractivity contribution in [2.45, 2.75) is 41.5 Å². The highest BCUT2D eigenvalue weighted by molar-refractivity contribution is 5.88. The molecule has 0 aliphatic carbocycles. The first-order valence-electron chi connectivity index (χ1n) is 10.4. The van der Waals surface area contributed by atoms with Gasteiger partial charge < -0.3 is 9.97 Å². The van der Waals surface area contributed by atoms with Crippen LogP contribution in [0.4, 0.5) is 0 Å². The Morgan fingerprint density at radius 3 is 1.43 bits per heavy atom. The molecule has 0 spiro atoms. The molecule has 0 unspecified atom stereocenters. The van der Waals surface area contributed by atoms with E-state index in [0.29, 0.717) is 0 Å². The van der Waals surface area contributed by atoms with Crippen LogP contribution >= 0.6 is 0 Å². The summed E-state index contributed by atoms with van der Waals surface area (Å²) >= 11 is 0. The van der Waals surface area contributed by atoms with Crippen LogP contribution in [0, 0.1) is 27.7 Å². The summed E-state index contributed by atoms with van der Waals surface area (Å²) in [5.74, 6) is 0. The molecular formula is C26H26N4. The summed E-state index contributed by atoms with van der Waals surface area (Å²) in [5.41, 5.74) is 15.5. The highest BCUT2D eigenvalue weighted by Crippen LogP contribution is 2.30. The second kappa shape index (κ2) is 6.56. The lowest BCUT2D eigenvalue weighted by Gasteiger charge is -1.99. The number of hydrogen-bond donors (Lipinski definition) is 2. The molecule has 2 aliphatic rings. The number of allylic oxidation sites excluding steroid dienone is 2. The second-order valence-corrected chi connectivity index (χ2v) is 8.53. The average molecular weight is 395 g/mol. The number of hydrogen-bond acceptors (Lipinski definition) is 2. The van der Waals surface area contributed by atoms with Gasteiger partial charge in [0, 0.05) is 22.1 Å². The van der Waals surface area contributed by atoms with E-state index in [-0.39, 0.29) is 0 Å². The average Bonchev–Trinajstić information content (AvgIpc) is 3.41. The lowest BCUT2D eigenvalue weighted by molar-refractivity contribution is 1.22. The SMILES string of the molecule is CC1=Cc2cc3nc(c(C)c4[nH]c(cc4C)cc4cc(C)c([nH]4)c(C)c1n2)C(C)=C3. The van der Waals surface area contributed by atoms with Crippen molar-refractivity contribution < 1.29 is 0 Å². The van der Waals surface area contributed by atoms with Crippen molar-refractivity contribution in [3.8, 4) is 0 Å². The molecule has 4 heteroatoms. The fraction of sp³-hybridized carbons (Fsp3) is 0.231. The van der Waals surface area contributed by atoms with Crippen molar-refractivity contribution in [1.29, 1.82) is 0 Å². The number of rotatable bonds is 0. The van der Waals surface area contributed by atoms with Gasteiger partial charge in [0.25, 0.3) is 0 Å². The summed E-state index contributed by atoms with van der Waals surface area (Å²) in [6, 6.07) is 8.64. The number of fused-ring (bicyclic) bond motifs is 8. The Morgan fingerprint density at radius 1 is 0.567 bits per heavy atom. The lowest BCUT2D eigenvalue weighted by Crippen LogP contribution is -1.87. The summed E-state index contributed by atoms with van der Waals surface area (Å²) in [4.78, 5) is 17.0. The third-order valence-electron chi connectivity index (χ3n) is 6.10. The first-order valence-corrected chi connectivity index (χ1v) is 10.4. The van der Waals surface area contributed by atoms with Crippen molar-refractivity contribution in [3.63, 3.8) is 0 Å². The summed E-state index contributed by atoms with van der Waals surface area (Å²) in [6.07, 6.45) is 4.28. The van der Waals surface area contributed by atoms with Gasteiger partial charge in [-0.25, -0.2) is 9.97 Å².